The van der Waals surface area contributed by atoms with E-state index in [1.54, 1.807) is 0 Å². The number of nitrogens with zero attached hydrogens (tertiary/aromatic N) is 1. The lowest BCUT2D eigenvalue weighted by molar-refractivity contribution is 0.179. The average molecular weight is 252 g/mol. The topological polar surface area (TPSA) is 29.3 Å². The second-order valence-corrected chi connectivity index (χ2v) is 5.29. The molecule has 2 N–H and O–H groups in total. The summed E-state index contributed by atoms with van der Waals surface area (Å²) in [4.78, 5) is 2.12. The molecular weight excluding hydrogens is 227 g/mol. The van der Waals surface area contributed by atoms with Gasteiger partial charge in [0.25, 0.3) is 0 Å². The van der Waals surface area contributed by atoms with Crippen LogP contribution in [-0.2, 0) is 5.54 Å². The van der Waals surface area contributed by atoms with Gasteiger partial charge in [-0.15, -0.1) is 0 Å². The maximum Gasteiger partial charge on any atom is 0.123 e. The summed E-state index contributed by atoms with van der Waals surface area (Å²) in [6.07, 6.45) is 3.10. The summed E-state index contributed by atoms with van der Waals surface area (Å²) in [5.41, 5.74) is 7.22. The van der Waals surface area contributed by atoms with Gasteiger partial charge in [0.15, 0.2) is 0 Å². The first-order valence-electron chi connectivity index (χ1n) is 6.63. The van der Waals surface area contributed by atoms with Crippen LogP contribution in [0.2, 0.25) is 0 Å². The van der Waals surface area contributed by atoms with Crippen LogP contribution in [0, 0.1) is 5.82 Å². The molecule has 0 aromatic heterocycles. The van der Waals surface area contributed by atoms with Crippen LogP contribution < -0.4 is 5.73 Å². The molecule has 0 heterocycles. The number of hydrogen-bond acceptors (Lipinski definition) is 2. The standard InChI is InChI=1S/C15H25FN2/c1-5-6-11-15(17,12(2)18(3)4)13-7-9-14(16)10-8-13/h7-10,12H,5-6,11,17H2,1-4H3. The van der Waals surface area contributed by atoms with E-state index in [0.717, 1.165) is 24.8 Å². The molecule has 0 radical (unpaired) electrons. The van der Waals surface area contributed by atoms with Crippen molar-refractivity contribution in [2.45, 2.75) is 44.7 Å². The van der Waals surface area contributed by atoms with Crippen LogP contribution in [-0.4, -0.2) is 25.0 Å². The van der Waals surface area contributed by atoms with Crippen LogP contribution in [0.25, 0.3) is 0 Å². The van der Waals surface area contributed by atoms with Gasteiger partial charge in [-0.3, -0.25) is 0 Å². The van der Waals surface area contributed by atoms with Crippen molar-refractivity contribution < 1.29 is 4.39 Å². The van der Waals surface area contributed by atoms with E-state index in [0.29, 0.717) is 0 Å². The molecule has 2 nitrogen and oxygen atoms in total. The monoisotopic (exact) mass is 252 g/mol. The van der Waals surface area contributed by atoms with Crippen LogP contribution in [0.3, 0.4) is 0 Å². The maximum atomic E-state index is 13.0. The van der Waals surface area contributed by atoms with E-state index < -0.39 is 5.54 Å². The van der Waals surface area contributed by atoms with Crippen LogP contribution in [0.4, 0.5) is 4.39 Å². The fraction of sp³-hybridized carbons (Fsp3) is 0.600. The van der Waals surface area contributed by atoms with E-state index in [-0.39, 0.29) is 11.9 Å². The van der Waals surface area contributed by atoms with Gasteiger partial charge in [-0.05, 0) is 45.1 Å². The molecule has 1 rings (SSSR count). The van der Waals surface area contributed by atoms with Gasteiger partial charge < -0.3 is 10.6 Å². The molecule has 2 unspecified atom stereocenters. The van der Waals surface area contributed by atoms with E-state index in [1.165, 1.54) is 12.1 Å². The average Bonchev–Trinajstić information content (AvgIpc) is 2.35. The van der Waals surface area contributed by atoms with Crippen molar-refractivity contribution in [3.8, 4) is 0 Å². The minimum Gasteiger partial charge on any atom is -0.320 e. The first-order chi connectivity index (χ1) is 8.41. The number of likely N-dealkylation sites (N-methyl/N-ethyl adjacent to an activating group) is 1. The Kier molecular flexibility index (Phi) is 5.29. The van der Waals surface area contributed by atoms with Gasteiger partial charge in [0, 0.05) is 6.04 Å². The molecule has 0 spiro atoms. The van der Waals surface area contributed by atoms with Gasteiger partial charge in [0.1, 0.15) is 5.82 Å². The summed E-state index contributed by atoms with van der Waals surface area (Å²) in [5, 5.41) is 0. The number of hydrogen-bond donors (Lipinski definition) is 1. The molecule has 2 atom stereocenters. The van der Waals surface area contributed by atoms with Crippen molar-refractivity contribution in [2.24, 2.45) is 5.73 Å². The molecule has 0 fully saturated rings. The Morgan fingerprint density at radius 3 is 2.28 bits per heavy atom. The van der Waals surface area contributed by atoms with Crippen LogP contribution >= 0.6 is 0 Å². The molecule has 0 aliphatic heterocycles. The summed E-state index contributed by atoms with van der Waals surface area (Å²) < 4.78 is 13.0. The predicted octanol–water partition coefficient (Wildman–Crippen LogP) is 3.12. The highest BCUT2D eigenvalue weighted by atomic mass is 19.1. The quantitative estimate of drug-likeness (QED) is 0.843. The lowest BCUT2D eigenvalue weighted by Crippen LogP contribution is -2.52. The van der Waals surface area contributed by atoms with Crippen molar-refractivity contribution in [3.05, 3.63) is 35.6 Å². The van der Waals surface area contributed by atoms with Crippen molar-refractivity contribution in [2.75, 3.05) is 14.1 Å². The Hall–Kier alpha value is -0.930. The zero-order chi connectivity index (χ0) is 13.8. The van der Waals surface area contributed by atoms with Crippen molar-refractivity contribution in [1.82, 2.24) is 4.90 Å². The van der Waals surface area contributed by atoms with Crippen LogP contribution in [0.15, 0.2) is 24.3 Å². The zero-order valence-corrected chi connectivity index (χ0v) is 11.9. The van der Waals surface area contributed by atoms with Crippen molar-refractivity contribution in [1.29, 1.82) is 0 Å². The molecule has 0 aliphatic carbocycles. The van der Waals surface area contributed by atoms with Crippen molar-refractivity contribution in [3.63, 3.8) is 0 Å². The van der Waals surface area contributed by atoms with Gasteiger partial charge >= 0.3 is 0 Å². The normalized spacial score (nSPS) is 16.6. The molecule has 18 heavy (non-hydrogen) atoms. The summed E-state index contributed by atoms with van der Waals surface area (Å²) in [6.45, 7) is 4.28. The first-order valence-corrected chi connectivity index (χ1v) is 6.63. The Morgan fingerprint density at radius 1 is 1.28 bits per heavy atom. The fourth-order valence-corrected chi connectivity index (χ4v) is 2.28. The van der Waals surface area contributed by atoms with Gasteiger partial charge in [-0.25, -0.2) is 4.39 Å². The summed E-state index contributed by atoms with van der Waals surface area (Å²) in [6, 6.07) is 6.81. The smallest absolute Gasteiger partial charge is 0.123 e. The number of nitrogens with two attached hydrogens (primary N) is 1. The third kappa shape index (κ3) is 3.30. The number of halogens is 1. The molecule has 0 saturated heterocycles. The lowest BCUT2D eigenvalue weighted by Gasteiger charge is -2.40. The van der Waals surface area contributed by atoms with Gasteiger partial charge in [-0.1, -0.05) is 31.9 Å². The lowest BCUT2D eigenvalue weighted by atomic mass is 9.79. The van der Waals surface area contributed by atoms with Crippen molar-refractivity contribution >= 4 is 0 Å². The zero-order valence-electron chi connectivity index (χ0n) is 11.9. The molecule has 1 aromatic carbocycles. The van der Waals surface area contributed by atoms with Gasteiger partial charge in [-0.2, -0.15) is 0 Å². The first kappa shape index (κ1) is 15.1. The number of benzene rings is 1. The Bertz CT molecular complexity index is 361. The molecule has 0 bridgehead atoms. The molecule has 1 aromatic rings. The summed E-state index contributed by atoms with van der Waals surface area (Å²) >= 11 is 0. The Labute approximate surface area is 110 Å². The van der Waals surface area contributed by atoms with E-state index in [4.69, 9.17) is 5.73 Å². The predicted molar refractivity (Wildman–Crippen MR) is 74.9 cm³/mol. The van der Waals surface area contributed by atoms with Gasteiger partial charge in [0.2, 0.25) is 0 Å². The Morgan fingerprint density at radius 2 is 1.83 bits per heavy atom. The second kappa shape index (κ2) is 6.30. The highest BCUT2D eigenvalue weighted by molar-refractivity contribution is 5.26. The minimum absolute atomic E-state index is 0.203. The molecule has 0 saturated carbocycles. The molecule has 0 amide bonds. The largest absolute Gasteiger partial charge is 0.320 e. The third-order valence-electron chi connectivity index (χ3n) is 3.85. The summed E-state index contributed by atoms with van der Waals surface area (Å²) in [5.74, 6) is -0.214. The highest BCUT2D eigenvalue weighted by Crippen LogP contribution is 2.30. The van der Waals surface area contributed by atoms with Gasteiger partial charge in [0.05, 0.1) is 5.54 Å². The minimum atomic E-state index is -0.423. The number of unbranched alkanes of at least 4 members (excludes halogenated alkanes) is 1. The number of rotatable bonds is 6. The van der Waals surface area contributed by atoms with E-state index in [1.807, 2.05) is 26.2 Å². The van der Waals surface area contributed by atoms with E-state index >= 15 is 0 Å². The molecule has 0 aliphatic rings. The molecule has 3 heteroatoms. The summed E-state index contributed by atoms with van der Waals surface area (Å²) in [7, 11) is 4.06. The SMILES string of the molecule is CCCCC(N)(c1ccc(F)cc1)C(C)N(C)C. The molecular formula is C15H25FN2. The second-order valence-electron chi connectivity index (χ2n) is 5.29. The fourth-order valence-electron chi connectivity index (χ4n) is 2.28. The van der Waals surface area contributed by atoms with E-state index in [2.05, 4.69) is 18.7 Å². The third-order valence-corrected chi connectivity index (χ3v) is 3.85. The highest BCUT2D eigenvalue weighted by Gasteiger charge is 2.34. The Balaban J connectivity index is 3.06. The maximum absolute atomic E-state index is 13.0. The van der Waals surface area contributed by atoms with Crippen LogP contribution in [0.1, 0.15) is 38.7 Å². The molecule has 102 valence electrons. The van der Waals surface area contributed by atoms with Crippen LogP contribution in [0.5, 0.6) is 0 Å². The van der Waals surface area contributed by atoms with E-state index in [9.17, 15) is 4.39 Å².